The van der Waals surface area contributed by atoms with Crippen LogP contribution in [0.3, 0.4) is 0 Å². The molecule has 3 aromatic rings. The first-order valence-electron chi connectivity index (χ1n) is 8.69. The lowest BCUT2D eigenvalue weighted by molar-refractivity contribution is 0.0711. The molecule has 0 saturated carbocycles. The molecule has 1 heterocycles. The minimum Gasteiger partial charge on any atom is -0.267 e. The minimum atomic E-state index is -0.157. The lowest BCUT2D eigenvalue weighted by Gasteiger charge is -2.22. The van der Waals surface area contributed by atoms with Crippen LogP contribution < -0.4 is 0 Å². The molecule has 6 heteroatoms. The van der Waals surface area contributed by atoms with E-state index in [2.05, 4.69) is 31.9 Å². The summed E-state index contributed by atoms with van der Waals surface area (Å²) in [4.78, 5) is 13.2. The number of benzene rings is 3. The standard InChI is InChI=1S/C22H15Br2ClN2O/c23-17-7-1-14(2-8-17)20-13-21(15-3-9-18(24)10-4-15)27(26-20)22(28)16-5-11-19(25)12-6-16/h1-12,21H,13H2/t21-/m1/s1. The van der Waals surface area contributed by atoms with Gasteiger partial charge in [-0.15, -0.1) is 0 Å². The van der Waals surface area contributed by atoms with Crippen molar-refractivity contribution in [2.24, 2.45) is 5.10 Å². The maximum Gasteiger partial charge on any atom is 0.274 e. The summed E-state index contributed by atoms with van der Waals surface area (Å²) in [6, 6.07) is 22.8. The summed E-state index contributed by atoms with van der Waals surface area (Å²) in [6.45, 7) is 0. The van der Waals surface area contributed by atoms with E-state index in [1.54, 1.807) is 29.3 Å². The van der Waals surface area contributed by atoms with Crippen molar-refractivity contribution >= 4 is 55.1 Å². The molecule has 1 amide bonds. The van der Waals surface area contributed by atoms with Crippen LogP contribution in [0.5, 0.6) is 0 Å². The molecule has 0 saturated heterocycles. The third-order valence-corrected chi connectivity index (χ3v) is 5.95. The van der Waals surface area contributed by atoms with Gasteiger partial charge in [-0.05, 0) is 59.7 Å². The molecular weight excluding hydrogens is 504 g/mol. The third kappa shape index (κ3) is 4.07. The molecule has 0 radical (unpaired) electrons. The van der Waals surface area contributed by atoms with E-state index >= 15 is 0 Å². The molecule has 0 N–H and O–H groups in total. The van der Waals surface area contributed by atoms with Crippen molar-refractivity contribution in [1.29, 1.82) is 0 Å². The van der Waals surface area contributed by atoms with E-state index in [9.17, 15) is 4.79 Å². The van der Waals surface area contributed by atoms with Crippen molar-refractivity contribution in [2.45, 2.75) is 12.5 Å². The molecule has 1 atom stereocenters. The summed E-state index contributed by atoms with van der Waals surface area (Å²) in [5.41, 5.74) is 3.51. The molecule has 0 aliphatic carbocycles. The molecular formula is C22H15Br2ClN2O. The second-order valence-corrected chi connectivity index (χ2v) is 8.75. The van der Waals surface area contributed by atoms with Crippen LogP contribution >= 0.6 is 43.5 Å². The lowest BCUT2D eigenvalue weighted by Crippen LogP contribution is -2.27. The number of carbonyl (C=O) groups excluding carboxylic acids is 1. The number of carbonyl (C=O) groups is 1. The summed E-state index contributed by atoms with van der Waals surface area (Å²) in [5.74, 6) is -0.142. The quantitative estimate of drug-likeness (QED) is 0.373. The Balaban J connectivity index is 1.72. The van der Waals surface area contributed by atoms with Crippen molar-refractivity contribution in [3.8, 4) is 0 Å². The SMILES string of the molecule is O=C(c1ccc(Cl)cc1)N1N=C(c2ccc(Br)cc2)C[C@@H]1c1ccc(Br)cc1. The number of hydrogen-bond donors (Lipinski definition) is 0. The van der Waals surface area contributed by atoms with Gasteiger partial charge in [-0.25, -0.2) is 5.01 Å². The molecule has 1 aliphatic rings. The van der Waals surface area contributed by atoms with Gasteiger partial charge in [0.05, 0.1) is 11.8 Å². The predicted molar refractivity (Wildman–Crippen MR) is 120 cm³/mol. The Morgan fingerprint density at radius 3 is 2.07 bits per heavy atom. The Hall–Kier alpha value is -1.95. The molecule has 4 rings (SSSR count). The molecule has 1 aliphatic heterocycles. The average molecular weight is 519 g/mol. The Kier molecular flexibility index (Phi) is 5.67. The van der Waals surface area contributed by atoms with Crippen LogP contribution in [0.15, 0.2) is 86.8 Å². The fraction of sp³-hybridized carbons (Fsp3) is 0.0909. The molecule has 0 unspecified atom stereocenters. The van der Waals surface area contributed by atoms with Gasteiger partial charge in [-0.3, -0.25) is 4.79 Å². The summed E-state index contributed by atoms with van der Waals surface area (Å²) in [6.07, 6.45) is 0.655. The molecule has 0 aromatic heterocycles. The van der Waals surface area contributed by atoms with Crippen LogP contribution in [-0.2, 0) is 0 Å². The first kappa shape index (κ1) is 19.4. The highest BCUT2D eigenvalue weighted by molar-refractivity contribution is 9.10. The predicted octanol–water partition coefficient (Wildman–Crippen LogP) is 6.86. The zero-order chi connectivity index (χ0) is 19.7. The summed E-state index contributed by atoms with van der Waals surface area (Å²) in [5, 5.41) is 6.89. The number of amides is 1. The highest BCUT2D eigenvalue weighted by atomic mass is 79.9. The molecule has 0 spiro atoms. The van der Waals surface area contributed by atoms with Crippen LogP contribution in [0, 0.1) is 0 Å². The van der Waals surface area contributed by atoms with Crippen molar-refractivity contribution in [2.75, 3.05) is 0 Å². The molecule has 3 aromatic carbocycles. The highest BCUT2D eigenvalue weighted by Crippen LogP contribution is 2.34. The smallest absolute Gasteiger partial charge is 0.267 e. The zero-order valence-electron chi connectivity index (χ0n) is 14.6. The van der Waals surface area contributed by atoms with Crippen molar-refractivity contribution in [3.63, 3.8) is 0 Å². The Morgan fingerprint density at radius 1 is 0.893 bits per heavy atom. The van der Waals surface area contributed by atoms with E-state index < -0.39 is 0 Å². The van der Waals surface area contributed by atoms with Gasteiger partial charge in [0.2, 0.25) is 0 Å². The first-order valence-corrected chi connectivity index (χ1v) is 10.7. The minimum absolute atomic E-state index is 0.142. The topological polar surface area (TPSA) is 32.7 Å². The molecule has 140 valence electrons. The third-order valence-electron chi connectivity index (χ3n) is 4.64. The average Bonchev–Trinajstić information content (AvgIpc) is 3.14. The fourth-order valence-corrected chi connectivity index (χ4v) is 3.84. The largest absolute Gasteiger partial charge is 0.274 e. The zero-order valence-corrected chi connectivity index (χ0v) is 18.6. The summed E-state index contributed by atoms with van der Waals surface area (Å²) in [7, 11) is 0. The van der Waals surface area contributed by atoms with Crippen LogP contribution in [0.2, 0.25) is 5.02 Å². The van der Waals surface area contributed by atoms with E-state index in [0.717, 1.165) is 25.8 Å². The number of hydrogen-bond acceptors (Lipinski definition) is 2. The molecule has 3 nitrogen and oxygen atoms in total. The van der Waals surface area contributed by atoms with Crippen molar-refractivity contribution in [1.82, 2.24) is 5.01 Å². The van der Waals surface area contributed by atoms with Crippen molar-refractivity contribution in [3.05, 3.63) is 103 Å². The lowest BCUT2D eigenvalue weighted by atomic mass is 9.98. The van der Waals surface area contributed by atoms with Crippen LogP contribution in [-0.4, -0.2) is 16.6 Å². The van der Waals surface area contributed by atoms with Gasteiger partial charge in [0.15, 0.2) is 0 Å². The maximum absolute atomic E-state index is 13.2. The van der Waals surface area contributed by atoms with E-state index in [1.807, 2.05) is 48.5 Å². The molecule has 28 heavy (non-hydrogen) atoms. The Morgan fingerprint density at radius 2 is 1.46 bits per heavy atom. The van der Waals surface area contributed by atoms with E-state index in [1.165, 1.54) is 0 Å². The Bertz CT molecular complexity index is 1030. The normalized spacial score (nSPS) is 16.2. The highest BCUT2D eigenvalue weighted by Gasteiger charge is 2.33. The van der Waals surface area contributed by atoms with Gasteiger partial charge in [0.1, 0.15) is 0 Å². The summed E-state index contributed by atoms with van der Waals surface area (Å²) < 4.78 is 2.01. The maximum atomic E-state index is 13.2. The summed E-state index contributed by atoms with van der Waals surface area (Å²) >= 11 is 12.9. The van der Waals surface area contributed by atoms with E-state index in [0.29, 0.717) is 17.0 Å². The van der Waals surface area contributed by atoms with Gasteiger partial charge < -0.3 is 0 Å². The van der Waals surface area contributed by atoms with Gasteiger partial charge in [-0.2, -0.15) is 5.10 Å². The number of nitrogens with zero attached hydrogens (tertiary/aromatic N) is 2. The van der Waals surface area contributed by atoms with Gasteiger partial charge >= 0.3 is 0 Å². The van der Waals surface area contributed by atoms with Gasteiger partial charge in [0.25, 0.3) is 5.91 Å². The van der Waals surface area contributed by atoms with Gasteiger partial charge in [-0.1, -0.05) is 67.7 Å². The van der Waals surface area contributed by atoms with Crippen molar-refractivity contribution < 1.29 is 4.79 Å². The molecule has 0 bridgehead atoms. The monoisotopic (exact) mass is 516 g/mol. The van der Waals surface area contributed by atoms with Crippen LogP contribution in [0.25, 0.3) is 0 Å². The fourth-order valence-electron chi connectivity index (χ4n) is 3.18. The Labute approximate surface area is 185 Å². The second kappa shape index (κ2) is 8.19. The van der Waals surface area contributed by atoms with E-state index in [-0.39, 0.29) is 11.9 Å². The molecule has 0 fully saturated rings. The number of hydrazone groups is 1. The second-order valence-electron chi connectivity index (χ2n) is 6.48. The van der Waals surface area contributed by atoms with Gasteiger partial charge in [0, 0.05) is 26.0 Å². The first-order chi connectivity index (χ1) is 13.5. The van der Waals surface area contributed by atoms with Crippen LogP contribution in [0.4, 0.5) is 0 Å². The number of rotatable bonds is 3. The number of halogens is 3. The van der Waals surface area contributed by atoms with E-state index in [4.69, 9.17) is 16.7 Å². The van der Waals surface area contributed by atoms with Crippen LogP contribution in [0.1, 0.15) is 33.9 Å².